The van der Waals surface area contributed by atoms with Crippen LogP contribution in [0.3, 0.4) is 0 Å². The van der Waals surface area contributed by atoms with E-state index in [2.05, 4.69) is 5.32 Å². The van der Waals surface area contributed by atoms with Crippen LogP contribution in [0.2, 0.25) is 0 Å². The molecule has 0 atom stereocenters. The zero-order chi connectivity index (χ0) is 20.7. The summed E-state index contributed by atoms with van der Waals surface area (Å²) in [7, 11) is -2.00. The number of nitrogens with zero attached hydrogens (tertiary/aromatic N) is 2. The van der Waals surface area contributed by atoms with Gasteiger partial charge in [0.25, 0.3) is 0 Å². The first-order chi connectivity index (χ1) is 13.2. The molecule has 9 heteroatoms. The largest absolute Gasteiger partial charge is 0.375 e. The average Bonchev–Trinajstić information content (AvgIpc) is 2.63. The van der Waals surface area contributed by atoms with E-state index in [9.17, 15) is 22.0 Å². The number of hydrogen-bond donors (Lipinski definition) is 1. The molecule has 0 spiro atoms. The topological polar surface area (TPSA) is 69.7 Å². The highest BCUT2D eigenvalue weighted by Crippen LogP contribution is 2.22. The Hall–Kier alpha value is -2.68. The van der Waals surface area contributed by atoms with Crippen molar-refractivity contribution in [1.82, 2.24) is 5.32 Å². The Bertz CT molecular complexity index is 908. The molecule has 2 rings (SSSR count). The van der Waals surface area contributed by atoms with Crippen LogP contribution in [0.5, 0.6) is 0 Å². The van der Waals surface area contributed by atoms with Crippen molar-refractivity contribution in [2.45, 2.75) is 6.42 Å². The van der Waals surface area contributed by atoms with E-state index in [0.717, 1.165) is 24.1 Å². The van der Waals surface area contributed by atoms with Crippen LogP contribution in [0.25, 0.3) is 0 Å². The first-order valence-electron chi connectivity index (χ1n) is 8.64. The van der Waals surface area contributed by atoms with Crippen molar-refractivity contribution in [3.63, 3.8) is 0 Å². The Morgan fingerprint density at radius 2 is 1.79 bits per heavy atom. The van der Waals surface area contributed by atoms with Crippen LogP contribution in [0.15, 0.2) is 48.5 Å². The molecular weight excluding hydrogens is 388 g/mol. The second kappa shape index (κ2) is 9.50. The normalized spacial score (nSPS) is 11.1. The number of para-hydroxylation sites is 1. The number of rotatable bonds is 9. The first-order valence-corrected chi connectivity index (χ1v) is 10.5. The molecule has 0 saturated heterocycles. The molecule has 0 radical (unpaired) electrons. The van der Waals surface area contributed by atoms with Gasteiger partial charge in [-0.05, 0) is 30.7 Å². The van der Waals surface area contributed by atoms with Crippen LogP contribution in [-0.4, -0.2) is 47.3 Å². The molecule has 152 valence electrons. The quantitative estimate of drug-likeness (QED) is 0.644. The van der Waals surface area contributed by atoms with Crippen molar-refractivity contribution in [2.24, 2.45) is 0 Å². The number of carbonyl (C=O) groups is 1. The Kier molecular flexibility index (Phi) is 7.33. The van der Waals surface area contributed by atoms with E-state index in [4.69, 9.17) is 0 Å². The lowest BCUT2D eigenvalue weighted by Crippen LogP contribution is -2.41. The fourth-order valence-electron chi connectivity index (χ4n) is 2.61. The molecule has 2 aromatic carbocycles. The van der Waals surface area contributed by atoms with E-state index < -0.39 is 34.1 Å². The van der Waals surface area contributed by atoms with Gasteiger partial charge in [0.1, 0.15) is 18.2 Å². The summed E-state index contributed by atoms with van der Waals surface area (Å²) in [5, 5.41) is 2.62. The second-order valence-electron chi connectivity index (χ2n) is 6.33. The molecule has 0 aliphatic rings. The van der Waals surface area contributed by atoms with Crippen LogP contribution >= 0.6 is 0 Å². The molecule has 1 N–H and O–H groups in total. The van der Waals surface area contributed by atoms with Crippen LogP contribution in [0.4, 0.5) is 20.2 Å². The maximum absolute atomic E-state index is 14.0. The highest BCUT2D eigenvalue weighted by molar-refractivity contribution is 7.92. The Morgan fingerprint density at radius 1 is 1.11 bits per heavy atom. The van der Waals surface area contributed by atoms with Gasteiger partial charge in [-0.25, -0.2) is 17.2 Å². The Morgan fingerprint density at radius 3 is 2.39 bits per heavy atom. The van der Waals surface area contributed by atoms with Gasteiger partial charge in [-0.2, -0.15) is 0 Å². The Balaban J connectivity index is 1.90. The smallest absolute Gasteiger partial charge is 0.240 e. The number of nitrogens with one attached hydrogen (secondary N) is 1. The molecule has 0 unspecified atom stereocenters. The number of anilines is 2. The van der Waals surface area contributed by atoms with E-state index in [1.54, 1.807) is 0 Å². The average molecular weight is 411 g/mol. The van der Waals surface area contributed by atoms with Crippen molar-refractivity contribution >= 4 is 27.3 Å². The van der Waals surface area contributed by atoms with E-state index in [1.807, 2.05) is 42.3 Å². The third-order valence-corrected chi connectivity index (χ3v) is 5.18. The van der Waals surface area contributed by atoms with Crippen molar-refractivity contribution in [1.29, 1.82) is 0 Å². The summed E-state index contributed by atoms with van der Waals surface area (Å²) in [5.74, 6) is -2.46. The van der Waals surface area contributed by atoms with Crippen molar-refractivity contribution in [3.8, 4) is 0 Å². The third-order valence-electron chi connectivity index (χ3n) is 4.06. The lowest BCUT2D eigenvalue weighted by Gasteiger charge is -2.23. The summed E-state index contributed by atoms with van der Waals surface area (Å²) in [5.41, 5.74) is 0.673. The van der Waals surface area contributed by atoms with Gasteiger partial charge in [0.2, 0.25) is 15.9 Å². The maximum atomic E-state index is 14.0. The predicted octanol–water partition coefficient (Wildman–Crippen LogP) is 2.37. The summed E-state index contributed by atoms with van der Waals surface area (Å²) in [6.45, 7) is 0.433. The van der Waals surface area contributed by atoms with Gasteiger partial charge in [-0.3, -0.25) is 9.10 Å². The third kappa shape index (κ3) is 6.19. The zero-order valence-electron chi connectivity index (χ0n) is 15.7. The van der Waals surface area contributed by atoms with E-state index in [1.165, 1.54) is 0 Å². The number of carbonyl (C=O) groups excluding carboxylic acids is 1. The number of halogens is 2. The minimum atomic E-state index is -3.93. The second-order valence-corrected chi connectivity index (χ2v) is 8.23. The van der Waals surface area contributed by atoms with Crippen LogP contribution in [0, 0.1) is 11.6 Å². The molecule has 0 aliphatic heterocycles. The predicted molar refractivity (Wildman–Crippen MR) is 106 cm³/mol. The minimum Gasteiger partial charge on any atom is -0.375 e. The highest BCUT2D eigenvalue weighted by Gasteiger charge is 2.23. The summed E-state index contributed by atoms with van der Waals surface area (Å²) in [6.07, 6.45) is 1.50. The van der Waals surface area contributed by atoms with Crippen LogP contribution < -0.4 is 14.5 Å². The van der Waals surface area contributed by atoms with Gasteiger partial charge in [-0.1, -0.05) is 18.2 Å². The maximum Gasteiger partial charge on any atom is 0.240 e. The van der Waals surface area contributed by atoms with Crippen molar-refractivity contribution in [3.05, 3.63) is 60.2 Å². The van der Waals surface area contributed by atoms with E-state index in [-0.39, 0.29) is 5.69 Å². The summed E-state index contributed by atoms with van der Waals surface area (Å²) >= 11 is 0. The van der Waals surface area contributed by atoms with Crippen LogP contribution in [-0.2, 0) is 14.8 Å². The molecule has 2 aromatic rings. The number of hydrogen-bond acceptors (Lipinski definition) is 4. The number of sulfonamides is 1. The fraction of sp³-hybridized carbons (Fsp3) is 0.316. The van der Waals surface area contributed by atoms with Crippen LogP contribution in [0.1, 0.15) is 6.42 Å². The molecule has 6 nitrogen and oxygen atoms in total. The molecule has 28 heavy (non-hydrogen) atoms. The molecule has 0 saturated carbocycles. The molecule has 0 fully saturated rings. The molecule has 1 amide bonds. The lowest BCUT2D eigenvalue weighted by molar-refractivity contribution is -0.119. The summed E-state index contributed by atoms with van der Waals surface area (Å²) < 4.78 is 51.6. The number of benzene rings is 2. The lowest BCUT2D eigenvalue weighted by atomic mass is 10.3. The fourth-order valence-corrected chi connectivity index (χ4v) is 3.46. The zero-order valence-corrected chi connectivity index (χ0v) is 16.5. The SMILES string of the molecule is CN(CCCNC(=O)CN(c1ccc(F)cc1F)S(C)(=O)=O)c1ccccc1. The van der Waals surface area contributed by atoms with Gasteiger partial charge in [0.05, 0.1) is 11.9 Å². The standard InChI is InChI=1S/C19H23F2N3O3S/c1-23(16-7-4-3-5-8-16)12-6-11-22-19(25)14-24(28(2,26)27)18-10-9-15(20)13-17(18)21/h3-5,7-10,13H,6,11-12,14H2,1-2H3,(H,22,25). The summed E-state index contributed by atoms with van der Waals surface area (Å²) in [6, 6.07) is 12.2. The summed E-state index contributed by atoms with van der Waals surface area (Å²) in [4.78, 5) is 14.2. The van der Waals surface area contributed by atoms with Gasteiger partial charge in [-0.15, -0.1) is 0 Å². The monoisotopic (exact) mass is 411 g/mol. The van der Waals surface area contributed by atoms with Crippen molar-refractivity contribution in [2.75, 3.05) is 42.1 Å². The molecule has 0 bridgehead atoms. The molecule has 0 aliphatic carbocycles. The molecule has 0 heterocycles. The highest BCUT2D eigenvalue weighted by atomic mass is 32.2. The van der Waals surface area contributed by atoms with Gasteiger partial charge in [0.15, 0.2) is 0 Å². The number of amides is 1. The molecule has 0 aromatic heterocycles. The minimum absolute atomic E-state index is 0.333. The van der Waals surface area contributed by atoms with Gasteiger partial charge < -0.3 is 10.2 Å². The first kappa shape index (κ1) is 21.6. The van der Waals surface area contributed by atoms with Gasteiger partial charge >= 0.3 is 0 Å². The van der Waals surface area contributed by atoms with E-state index in [0.29, 0.717) is 29.9 Å². The molecular formula is C19H23F2N3O3S. The van der Waals surface area contributed by atoms with Crippen molar-refractivity contribution < 1.29 is 22.0 Å². The van der Waals surface area contributed by atoms with E-state index >= 15 is 0 Å². The van der Waals surface area contributed by atoms with Gasteiger partial charge in [0, 0.05) is 31.9 Å². The Labute approximate surface area is 163 Å².